The van der Waals surface area contributed by atoms with Crippen LogP contribution in [0, 0.1) is 17.2 Å². The van der Waals surface area contributed by atoms with Gasteiger partial charge in [-0.1, -0.05) is 32.4 Å². The highest BCUT2D eigenvalue weighted by Crippen LogP contribution is 2.42. The van der Waals surface area contributed by atoms with E-state index in [0.29, 0.717) is 54.9 Å². The first-order valence-corrected chi connectivity index (χ1v) is 20.3. The lowest BCUT2D eigenvalue weighted by molar-refractivity contribution is -0.151. The summed E-state index contributed by atoms with van der Waals surface area (Å²) < 4.78 is 22.5. The molecule has 0 radical (unpaired) electrons. The van der Waals surface area contributed by atoms with Gasteiger partial charge in [0.25, 0.3) is 0 Å². The average Bonchev–Trinajstić information content (AvgIpc) is 3.17. The van der Waals surface area contributed by atoms with Crippen LogP contribution in [0.1, 0.15) is 82.1 Å². The number of aromatic carboxylic acids is 1. The molecule has 0 spiro atoms. The molecule has 324 valence electrons. The maximum Gasteiger partial charge on any atom is 0.410 e. The van der Waals surface area contributed by atoms with Crippen molar-refractivity contribution >= 4 is 58.1 Å². The number of carbonyl (C=O) groups is 6. The van der Waals surface area contributed by atoms with Gasteiger partial charge in [-0.15, -0.1) is 0 Å². The summed E-state index contributed by atoms with van der Waals surface area (Å²) >= 11 is 0. The first kappa shape index (κ1) is 44.9. The lowest BCUT2D eigenvalue weighted by Gasteiger charge is -2.40. The monoisotopic (exact) mass is 834 g/mol. The minimum Gasteiger partial charge on any atom is -0.477 e. The molecule has 0 bridgehead atoms. The summed E-state index contributed by atoms with van der Waals surface area (Å²) in [6, 6.07) is 7.35. The van der Waals surface area contributed by atoms with Gasteiger partial charge in [-0.3, -0.25) is 19.2 Å². The quantitative estimate of drug-likeness (QED) is 0.0848. The number of primary amides is 1. The topological polar surface area (TPSA) is 234 Å². The van der Waals surface area contributed by atoms with Crippen molar-refractivity contribution in [3.05, 3.63) is 69.8 Å². The fourth-order valence-electron chi connectivity index (χ4n) is 7.63. The number of pyridine rings is 1. The zero-order chi connectivity index (χ0) is 43.7. The van der Waals surface area contributed by atoms with E-state index in [1.165, 1.54) is 17.2 Å². The number of halogens is 1. The summed E-state index contributed by atoms with van der Waals surface area (Å²) in [7, 11) is 0. The molecular weight excluding hydrogens is 780 g/mol. The van der Waals surface area contributed by atoms with Crippen LogP contribution in [0.5, 0.6) is 0 Å². The van der Waals surface area contributed by atoms with Crippen molar-refractivity contribution in [1.82, 2.24) is 25.4 Å². The number of fused-ring (bicyclic) bond motifs is 1. The lowest BCUT2D eigenvalue weighted by Crippen LogP contribution is -2.59. The number of piperazine rings is 1. The van der Waals surface area contributed by atoms with Crippen LogP contribution >= 0.6 is 0 Å². The minimum absolute atomic E-state index is 0.0264. The van der Waals surface area contributed by atoms with Crippen molar-refractivity contribution in [2.75, 3.05) is 42.9 Å². The maximum absolute atomic E-state index is 15.3. The third-order valence-electron chi connectivity index (χ3n) is 11.1. The number of urea groups is 1. The van der Waals surface area contributed by atoms with Crippen molar-refractivity contribution in [3.8, 4) is 0 Å². The Kier molecular flexibility index (Phi) is 14.7. The highest BCUT2D eigenvalue weighted by atomic mass is 19.1. The number of amides is 6. The van der Waals surface area contributed by atoms with E-state index in [4.69, 9.17) is 10.5 Å². The van der Waals surface area contributed by atoms with Gasteiger partial charge >= 0.3 is 18.1 Å². The number of aromatic nitrogens is 1. The van der Waals surface area contributed by atoms with Crippen LogP contribution in [0.2, 0.25) is 0 Å². The number of benzene rings is 2. The van der Waals surface area contributed by atoms with E-state index in [1.807, 2.05) is 6.92 Å². The van der Waals surface area contributed by atoms with Crippen LogP contribution in [0.3, 0.4) is 0 Å². The Morgan fingerprint density at radius 2 is 1.63 bits per heavy atom. The summed E-state index contributed by atoms with van der Waals surface area (Å²) in [5, 5.41) is 20.5. The Balaban J connectivity index is 1.15. The number of rotatable bonds is 17. The number of nitrogens with two attached hydrogens (primary N) is 1. The SMILES string of the molecule is CCn1cc(C(=O)O)c(=O)c2cc(F)c(N3CCN(C(=O)OCc4ccc(NC(=O)[C@H](CCCNC(N)=O)NC(=O)C5(C(=O)NC(C)CC(C)C)CCC5)cc4)CC3)cc21. The van der Waals surface area contributed by atoms with E-state index in [2.05, 4.69) is 35.1 Å². The zero-order valence-corrected chi connectivity index (χ0v) is 34.5. The lowest BCUT2D eigenvalue weighted by atomic mass is 9.67. The van der Waals surface area contributed by atoms with E-state index >= 15 is 4.39 Å². The van der Waals surface area contributed by atoms with Crippen LogP contribution in [-0.4, -0.2) is 95.2 Å². The fraction of sp³-hybridized carbons (Fsp3) is 0.500. The Hall–Kier alpha value is -6.20. The molecule has 2 heterocycles. The van der Waals surface area contributed by atoms with E-state index in [-0.39, 0.29) is 68.8 Å². The Morgan fingerprint density at radius 3 is 2.22 bits per heavy atom. The van der Waals surface area contributed by atoms with Crippen molar-refractivity contribution in [1.29, 1.82) is 0 Å². The number of carbonyl (C=O) groups excluding carboxylic acids is 5. The van der Waals surface area contributed by atoms with Gasteiger partial charge in [0.1, 0.15) is 29.4 Å². The van der Waals surface area contributed by atoms with Crippen LogP contribution in [0.15, 0.2) is 47.4 Å². The maximum atomic E-state index is 15.3. The highest BCUT2D eigenvalue weighted by Gasteiger charge is 2.51. The van der Waals surface area contributed by atoms with E-state index in [9.17, 15) is 38.7 Å². The largest absolute Gasteiger partial charge is 0.477 e. The van der Waals surface area contributed by atoms with Crippen LogP contribution in [0.4, 0.5) is 25.4 Å². The third-order valence-corrected chi connectivity index (χ3v) is 11.1. The molecule has 3 aromatic rings. The summed E-state index contributed by atoms with van der Waals surface area (Å²) in [6.07, 6.45) is 3.37. The number of nitrogens with one attached hydrogen (secondary N) is 4. The van der Waals surface area contributed by atoms with E-state index in [0.717, 1.165) is 12.5 Å². The summed E-state index contributed by atoms with van der Waals surface area (Å²) in [5.74, 6) is -3.09. The summed E-state index contributed by atoms with van der Waals surface area (Å²) in [5.41, 5.74) is 4.41. The molecule has 2 aromatic carbocycles. The molecule has 18 heteroatoms. The average molecular weight is 835 g/mol. The number of anilines is 2. The van der Waals surface area contributed by atoms with Gasteiger partial charge in [-0.05, 0) is 81.7 Å². The second kappa shape index (κ2) is 19.7. The number of hydrogen-bond donors (Lipinski definition) is 6. The number of nitrogens with zero attached hydrogens (tertiary/aromatic N) is 3. The zero-order valence-electron chi connectivity index (χ0n) is 34.5. The molecule has 1 saturated heterocycles. The molecule has 1 aliphatic carbocycles. The predicted octanol–water partition coefficient (Wildman–Crippen LogP) is 3.91. The molecule has 1 unspecified atom stereocenters. The van der Waals surface area contributed by atoms with Crippen LogP contribution < -0.4 is 37.3 Å². The normalized spacial score (nSPS) is 15.7. The molecule has 17 nitrogen and oxygen atoms in total. The Labute approximate surface area is 347 Å². The van der Waals surface area contributed by atoms with Crippen molar-refractivity contribution in [3.63, 3.8) is 0 Å². The highest BCUT2D eigenvalue weighted by molar-refractivity contribution is 6.08. The Morgan fingerprint density at radius 1 is 0.967 bits per heavy atom. The first-order chi connectivity index (χ1) is 28.5. The van der Waals surface area contributed by atoms with Crippen molar-refractivity contribution in [2.45, 2.75) is 91.5 Å². The molecule has 5 rings (SSSR count). The Bertz CT molecular complexity index is 2150. The summed E-state index contributed by atoms with van der Waals surface area (Å²) in [6.45, 7) is 9.30. The van der Waals surface area contributed by atoms with Gasteiger partial charge in [0.15, 0.2) is 0 Å². The predicted molar refractivity (Wildman–Crippen MR) is 222 cm³/mol. The standard InChI is InChI=1S/C42H55FN8O9/c1-5-49-23-30(37(54)55)35(52)29-21-31(43)34(22-33(29)49)50-16-18-51(19-17-50)41(59)60-24-27-9-11-28(12-10-27)47-36(53)32(8-6-15-45-40(44)58)48-39(57)42(13-7-14-42)38(56)46-26(4)20-25(2)3/h9-12,21-23,25-26,32H,5-8,13-20,24H2,1-4H3,(H,46,56)(H,47,53)(H,48,57)(H,54,55)(H3,44,45,58)/t26?,32-/m0/s1. The molecule has 2 fully saturated rings. The molecule has 60 heavy (non-hydrogen) atoms. The molecular formula is C42H55FN8O9. The van der Waals surface area contributed by atoms with Gasteiger partial charge in [0.05, 0.1) is 11.2 Å². The summed E-state index contributed by atoms with van der Waals surface area (Å²) in [4.78, 5) is 92.3. The van der Waals surface area contributed by atoms with Crippen molar-refractivity contribution in [2.24, 2.45) is 17.1 Å². The van der Waals surface area contributed by atoms with Crippen molar-refractivity contribution < 1.29 is 43.0 Å². The smallest absolute Gasteiger partial charge is 0.410 e. The van der Waals surface area contributed by atoms with Gasteiger partial charge in [0.2, 0.25) is 23.2 Å². The molecule has 1 saturated carbocycles. The second-order valence-electron chi connectivity index (χ2n) is 15.9. The molecule has 1 aromatic heterocycles. The molecule has 6 amide bonds. The van der Waals surface area contributed by atoms with E-state index < -0.39 is 58.2 Å². The third kappa shape index (κ3) is 10.7. The minimum atomic E-state index is -1.39. The van der Waals surface area contributed by atoms with Gasteiger partial charge in [-0.2, -0.15) is 0 Å². The molecule has 2 atom stereocenters. The number of carboxylic acid groups (broad SMARTS) is 1. The van der Waals surface area contributed by atoms with Crippen LogP contribution in [-0.2, 0) is 32.3 Å². The first-order valence-electron chi connectivity index (χ1n) is 20.3. The number of carboxylic acids is 1. The number of ether oxygens (including phenoxy) is 1. The van der Waals surface area contributed by atoms with Gasteiger partial charge in [-0.25, -0.2) is 18.8 Å². The van der Waals surface area contributed by atoms with E-state index in [1.54, 1.807) is 40.7 Å². The molecule has 1 aliphatic heterocycles. The molecule has 7 N–H and O–H groups in total. The van der Waals surface area contributed by atoms with Gasteiger partial charge < -0.3 is 51.2 Å². The fourth-order valence-corrected chi connectivity index (χ4v) is 7.63. The molecule has 2 aliphatic rings. The second-order valence-corrected chi connectivity index (χ2v) is 15.9. The number of aryl methyl sites for hydroxylation is 1. The van der Waals surface area contributed by atoms with Crippen LogP contribution in [0.25, 0.3) is 10.9 Å². The van der Waals surface area contributed by atoms with Gasteiger partial charge in [0, 0.05) is 62.6 Å². The number of hydrogen-bond acceptors (Lipinski definition) is 9.